The van der Waals surface area contributed by atoms with Crippen molar-refractivity contribution in [3.63, 3.8) is 0 Å². The molecule has 1 fully saturated rings. The minimum atomic E-state index is -0.107. The smallest absolute Gasteiger partial charge is 0.228 e. The Balaban J connectivity index is 1.60. The molecule has 8 heteroatoms. The van der Waals surface area contributed by atoms with Crippen LogP contribution in [0.25, 0.3) is 0 Å². The highest BCUT2D eigenvalue weighted by Gasteiger charge is 2.24. The second-order valence-electron chi connectivity index (χ2n) is 6.05. The lowest BCUT2D eigenvalue weighted by Crippen LogP contribution is -2.28. The second kappa shape index (κ2) is 6.72. The van der Waals surface area contributed by atoms with Crippen LogP contribution in [0.15, 0.2) is 11.6 Å². The molecule has 0 saturated carbocycles. The minimum Gasteiger partial charge on any atom is -0.349 e. The molecule has 2 aromatic rings. The van der Waals surface area contributed by atoms with E-state index in [0.29, 0.717) is 17.2 Å². The molecule has 2 amide bonds. The predicted molar refractivity (Wildman–Crippen MR) is 91.9 cm³/mol. The molecule has 1 saturated heterocycles. The molecule has 0 radical (unpaired) electrons. The van der Waals surface area contributed by atoms with Gasteiger partial charge in [-0.25, -0.2) is 4.98 Å². The van der Waals surface area contributed by atoms with Gasteiger partial charge in [-0.2, -0.15) is 5.10 Å². The molecule has 0 aromatic carbocycles. The van der Waals surface area contributed by atoms with Crippen molar-refractivity contribution in [3.8, 4) is 0 Å². The van der Waals surface area contributed by atoms with Crippen LogP contribution < -0.4 is 10.2 Å². The normalized spacial score (nSPS) is 15.8. The van der Waals surface area contributed by atoms with E-state index in [-0.39, 0.29) is 24.3 Å². The van der Waals surface area contributed by atoms with E-state index in [0.717, 1.165) is 24.2 Å². The summed E-state index contributed by atoms with van der Waals surface area (Å²) in [6, 6.07) is -0.107. The number of nitrogens with zero attached hydrogens (tertiary/aromatic N) is 4. The van der Waals surface area contributed by atoms with Crippen LogP contribution in [-0.2, 0) is 23.1 Å². The number of anilines is 1. The van der Waals surface area contributed by atoms with Crippen LogP contribution in [0.4, 0.5) is 5.13 Å². The van der Waals surface area contributed by atoms with Gasteiger partial charge in [0.05, 0.1) is 24.4 Å². The van der Waals surface area contributed by atoms with E-state index >= 15 is 0 Å². The number of nitrogens with one attached hydrogen (secondary N) is 1. The Morgan fingerprint density at radius 2 is 2.29 bits per heavy atom. The van der Waals surface area contributed by atoms with Crippen LogP contribution in [0.2, 0.25) is 0 Å². The third kappa shape index (κ3) is 3.33. The summed E-state index contributed by atoms with van der Waals surface area (Å²) in [5.74, 6) is 0.0244. The molecular weight excluding hydrogens is 326 g/mol. The maximum absolute atomic E-state index is 12.3. The fourth-order valence-corrected chi connectivity index (χ4v) is 3.70. The summed E-state index contributed by atoms with van der Waals surface area (Å²) in [4.78, 5) is 30.1. The maximum Gasteiger partial charge on any atom is 0.228 e. The van der Waals surface area contributed by atoms with Gasteiger partial charge in [0.2, 0.25) is 11.8 Å². The molecule has 1 N–H and O–H groups in total. The molecular formula is C16H21N5O2S. The lowest BCUT2D eigenvalue weighted by atomic mass is 10.1. The molecule has 3 rings (SSSR count). The zero-order valence-corrected chi connectivity index (χ0v) is 14.9. The van der Waals surface area contributed by atoms with E-state index in [9.17, 15) is 9.59 Å². The van der Waals surface area contributed by atoms with E-state index in [1.807, 2.05) is 26.3 Å². The van der Waals surface area contributed by atoms with Gasteiger partial charge in [0.1, 0.15) is 0 Å². The SMILES string of the molecule is Cc1c([C@H](C)NC(=O)Cc2csc(N3CCCC3=O)n2)cnn1C. The van der Waals surface area contributed by atoms with Gasteiger partial charge in [0, 0.05) is 36.7 Å². The third-order valence-electron chi connectivity index (χ3n) is 4.30. The summed E-state index contributed by atoms with van der Waals surface area (Å²) in [7, 11) is 1.88. The van der Waals surface area contributed by atoms with E-state index in [4.69, 9.17) is 0 Å². The van der Waals surface area contributed by atoms with E-state index in [1.54, 1.807) is 15.8 Å². The van der Waals surface area contributed by atoms with Crippen molar-refractivity contribution in [2.75, 3.05) is 11.4 Å². The van der Waals surface area contributed by atoms with Gasteiger partial charge in [-0.05, 0) is 20.3 Å². The lowest BCUT2D eigenvalue weighted by molar-refractivity contribution is -0.121. The molecule has 3 heterocycles. The van der Waals surface area contributed by atoms with Crippen molar-refractivity contribution in [1.29, 1.82) is 0 Å². The Morgan fingerprint density at radius 1 is 1.50 bits per heavy atom. The average molecular weight is 347 g/mol. The number of hydrogen-bond donors (Lipinski definition) is 1. The topological polar surface area (TPSA) is 80.1 Å². The Kier molecular flexibility index (Phi) is 4.66. The highest BCUT2D eigenvalue weighted by atomic mass is 32.1. The van der Waals surface area contributed by atoms with E-state index in [2.05, 4.69) is 15.4 Å². The van der Waals surface area contributed by atoms with Crippen molar-refractivity contribution < 1.29 is 9.59 Å². The number of thiazole rings is 1. The zero-order chi connectivity index (χ0) is 17.3. The third-order valence-corrected chi connectivity index (χ3v) is 5.22. The van der Waals surface area contributed by atoms with Crippen LogP contribution in [0, 0.1) is 6.92 Å². The van der Waals surface area contributed by atoms with E-state index in [1.165, 1.54) is 11.3 Å². The highest BCUT2D eigenvalue weighted by molar-refractivity contribution is 7.14. The van der Waals surface area contributed by atoms with Crippen LogP contribution in [-0.4, -0.2) is 33.1 Å². The van der Waals surface area contributed by atoms with Gasteiger partial charge in [0.25, 0.3) is 0 Å². The molecule has 2 aromatic heterocycles. The van der Waals surface area contributed by atoms with Crippen molar-refractivity contribution in [2.45, 2.75) is 39.2 Å². The molecule has 1 atom stereocenters. The Hall–Kier alpha value is -2.22. The van der Waals surface area contributed by atoms with Crippen molar-refractivity contribution >= 4 is 28.3 Å². The summed E-state index contributed by atoms with van der Waals surface area (Å²) < 4.78 is 1.79. The first-order chi connectivity index (χ1) is 11.5. The van der Waals surface area contributed by atoms with Crippen molar-refractivity contribution in [1.82, 2.24) is 20.1 Å². The summed E-state index contributed by atoms with van der Waals surface area (Å²) >= 11 is 1.41. The monoisotopic (exact) mass is 347 g/mol. The Labute approximate surface area is 144 Å². The molecule has 0 spiro atoms. The van der Waals surface area contributed by atoms with Crippen LogP contribution in [0.1, 0.15) is 42.8 Å². The first-order valence-electron chi connectivity index (χ1n) is 7.98. The zero-order valence-electron chi connectivity index (χ0n) is 14.1. The number of amides is 2. The molecule has 24 heavy (non-hydrogen) atoms. The average Bonchev–Trinajstić information content (AvgIpc) is 3.22. The largest absolute Gasteiger partial charge is 0.349 e. The Bertz CT molecular complexity index is 766. The van der Waals surface area contributed by atoms with Gasteiger partial charge in [0.15, 0.2) is 5.13 Å². The fourth-order valence-electron chi connectivity index (χ4n) is 2.83. The number of aryl methyl sites for hydroxylation is 1. The maximum atomic E-state index is 12.3. The van der Waals surface area contributed by atoms with Crippen molar-refractivity contribution in [2.24, 2.45) is 7.05 Å². The summed E-state index contributed by atoms with van der Waals surface area (Å²) in [5.41, 5.74) is 2.74. The van der Waals surface area contributed by atoms with Crippen LogP contribution in [0.5, 0.6) is 0 Å². The minimum absolute atomic E-state index is 0.0876. The van der Waals surface area contributed by atoms with Gasteiger partial charge in [-0.1, -0.05) is 0 Å². The van der Waals surface area contributed by atoms with E-state index < -0.39 is 0 Å². The summed E-state index contributed by atoms with van der Waals surface area (Å²) in [5, 5.41) is 9.72. The van der Waals surface area contributed by atoms with Gasteiger partial charge < -0.3 is 5.32 Å². The van der Waals surface area contributed by atoms with Crippen LogP contribution >= 0.6 is 11.3 Å². The van der Waals surface area contributed by atoms with Gasteiger partial charge in [-0.3, -0.25) is 19.2 Å². The lowest BCUT2D eigenvalue weighted by Gasteiger charge is -2.13. The second-order valence-corrected chi connectivity index (χ2v) is 6.88. The number of carbonyl (C=O) groups excluding carboxylic acids is 2. The molecule has 1 aliphatic heterocycles. The highest BCUT2D eigenvalue weighted by Crippen LogP contribution is 2.25. The van der Waals surface area contributed by atoms with Gasteiger partial charge >= 0.3 is 0 Å². The summed E-state index contributed by atoms with van der Waals surface area (Å²) in [6.45, 7) is 4.64. The number of carbonyl (C=O) groups is 2. The Morgan fingerprint density at radius 3 is 2.92 bits per heavy atom. The molecule has 0 unspecified atom stereocenters. The number of aromatic nitrogens is 3. The standard InChI is InChI=1S/C16H21N5O2S/c1-10(13-8-17-20(3)11(13)2)18-14(22)7-12-9-24-16(19-12)21-6-4-5-15(21)23/h8-10H,4-7H2,1-3H3,(H,18,22)/t10-/m0/s1. The molecule has 1 aliphatic rings. The predicted octanol–water partition coefficient (Wildman–Crippen LogP) is 1.73. The molecule has 128 valence electrons. The number of rotatable bonds is 5. The van der Waals surface area contributed by atoms with Gasteiger partial charge in [-0.15, -0.1) is 11.3 Å². The summed E-state index contributed by atoms with van der Waals surface area (Å²) in [6.07, 6.45) is 3.44. The quantitative estimate of drug-likeness (QED) is 0.893. The number of hydrogen-bond acceptors (Lipinski definition) is 5. The van der Waals surface area contributed by atoms with Crippen LogP contribution in [0.3, 0.4) is 0 Å². The molecule has 0 aliphatic carbocycles. The molecule has 0 bridgehead atoms. The first kappa shape index (κ1) is 16.6. The first-order valence-corrected chi connectivity index (χ1v) is 8.86. The fraction of sp³-hybridized carbons (Fsp3) is 0.500. The molecule has 7 nitrogen and oxygen atoms in total. The van der Waals surface area contributed by atoms with Crippen molar-refractivity contribution in [3.05, 3.63) is 28.5 Å².